The van der Waals surface area contributed by atoms with Gasteiger partial charge in [0.1, 0.15) is 0 Å². The van der Waals surface area contributed by atoms with Gasteiger partial charge in [-0.2, -0.15) is 0 Å². The molecule has 1 rings (SSSR count). The zero-order valence-corrected chi connectivity index (χ0v) is 10.9. The summed E-state index contributed by atoms with van der Waals surface area (Å²) in [5, 5.41) is 2.73. The van der Waals surface area contributed by atoms with Gasteiger partial charge in [-0.15, -0.1) is 0 Å². The van der Waals surface area contributed by atoms with Crippen molar-refractivity contribution in [2.75, 3.05) is 0 Å². The molecule has 1 atom stereocenters. The molecule has 17 heavy (non-hydrogen) atoms. The second-order valence-electron chi connectivity index (χ2n) is 5.21. The topological polar surface area (TPSA) is 67.2 Å². The van der Waals surface area contributed by atoms with Crippen molar-refractivity contribution in [2.24, 2.45) is 5.84 Å². The molecule has 0 fully saturated rings. The van der Waals surface area contributed by atoms with Gasteiger partial charge in [0.15, 0.2) is 0 Å². The smallest absolute Gasteiger partial charge is 0.329 e. The molecular formula is C13H21N3O. The Morgan fingerprint density at radius 3 is 2.18 bits per heavy atom. The SMILES string of the molecule is CC(NC(=O)NN)c1ccc(C(C)(C)C)cc1. The van der Waals surface area contributed by atoms with E-state index in [9.17, 15) is 4.79 Å². The van der Waals surface area contributed by atoms with Crippen molar-refractivity contribution in [3.05, 3.63) is 35.4 Å². The molecule has 1 aromatic carbocycles. The van der Waals surface area contributed by atoms with Crippen LogP contribution >= 0.6 is 0 Å². The minimum atomic E-state index is -0.377. The first-order chi connectivity index (χ1) is 7.84. The molecule has 0 bridgehead atoms. The number of hydrogen-bond acceptors (Lipinski definition) is 2. The monoisotopic (exact) mass is 235 g/mol. The first-order valence-corrected chi connectivity index (χ1v) is 5.72. The summed E-state index contributed by atoms with van der Waals surface area (Å²) < 4.78 is 0. The van der Waals surface area contributed by atoms with E-state index in [-0.39, 0.29) is 17.5 Å². The third-order valence-corrected chi connectivity index (χ3v) is 2.76. The summed E-state index contributed by atoms with van der Waals surface area (Å²) in [7, 11) is 0. The third-order valence-electron chi connectivity index (χ3n) is 2.76. The Hall–Kier alpha value is -1.55. The maximum absolute atomic E-state index is 11.1. The Labute approximate surface area is 103 Å². The lowest BCUT2D eigenvalue weighted by Crippen LogP contribution is -2.40. The van der Waals surface area contributed by atoms with Crippen molar-refractivity contribution >= 4 is 6.03 Å². The second-order valence-corrected chi connectivity index (χ2v) is 5.21. The van der Waals surface area contributed by atoms with E-state index in [1.165, 1.54) is 5.56 Å². The molecule has 0 aliphatic heterocycles. The number of hydrazine groups is 1. The van der Waals surface area contributed by atoms with Crippen LogP contribution in [-0.2, 0) is 5.41 Å². The van der Waals surface area contributed by atoms with Crippen LogP contribution in [0.5, 0.6) is 0 Å². The minimum absolute atomic E-state index is 0.0624. The Morgan fingerprint density at radius 1 is 1.24 bits per heavy atom. The molecule has 1 unspecified atom stereocenters. The van der Waals surface area contributed by atoms with Crippen LogP contribution < -0.4 is 16.6 Å². The molecule has 0 saturated heterocycles. The number of amides is 2. The van der Waals surface area contributed by atoms with Gasteiger partial charge in [-0.05, 0) is 23.5 Å². The fourth-order valence-electron chi connectivity index (χ4n) is 1.59. The molecule has 1 aromatic rings. The van der Waals surface area contributed by atoms with Crippen molar-refractivity contribution in [3.63, 3.8) is 0 Å². The van der Waals surface area contributed by atoms with E-state index in [1.54, 1.807) is 0 Å². The molecule has 4 heteroatoms. The van der Waals surface area contributed by atoms with E-state index in [4.69, 9.17) is 5.84 Å². The molecule has 0 spiro atoms. The molecule has 4 nitrogen and oxygen atoms in total. The van der Waals surface area contributed by atoms with E-state index >= 15 is 0 Å². The lowest BCUT2D eigenvalue weighted by atomic mass is 9.86. The molecule has 4 N–H and O–H groups in total. The van der Waals surface area contributed by atoms with Crippen LogP contribution in [0.2, 0.25) is 0 Å². The quantitative estimate of drug-likeness (QED) is 0.418. The number of urea groups is 1. The fourth-order valence-corrected chi connectivity index (χ4v) is 1.59. The van der Waals surface area contributed by atoms with Gasteiger partial charge < -0.3 is 5.32 Å². The summed E-state index contributed by atoms with van der Waals surface area (Å²) in [6.07, 6.45) is 0. The van der Waals surface area contributed by atoms with Crippen LogP contribution in [0, 0.1) is 0 Å². The molecular weight excluding hydrogens is 214 g/mol. The van der Waals surface area contributed by atoms with Gasteiger partial charge >= 0.3 is 6.03 Å². The number of carbonyl (C=O) groups excluding carboxylic acids is 1. The van der Waals surface area contributed by atoms with Gasteiger partial charge in [0, 0.05) is 0 Å². The van der Waals surface area contributed by atoms with Gasteiger partial charge in [-0.3, -0.25) is 5.43 Å². The highest BCUT2D eigenvalue weighted by Gasteiger charge is 2.14. The second kappa shape index (κ2) is 5.19. The van der Waals surface area contributed by atoms with Gasteiger partial charge in [0.05, 0.1) is 6.04 Å². The molecule has 0 saturated carbocycles. The standard InChI is InChI=1S/C13H21N3O/c1-9(15-12(17)16-14)10-5-7-11(8-6-10)13(2,3)4/h5-9H,14H2,1-4H3,(H2,15,16,17). The van der Waals surface area contributed by atoms with E-state index in [0.717, 1.165) is 5.56 Å². The van der Waals surface area contributed by atoms with Crippen LogP contribution in [0.25, 0.3) is 0 Å². The lowest BCUT2D eigenvalue weighted by molar-refractivity contribution is 0.238. The zero-order chi connectivity index (χ0) is 13.1. The number of benzene rings is 1. The average Bonchev–Trinajstić information content (AvgIpc) is 2.27. The normalized spacial score (nSPS) is 13.0. The maximum Gasteiger partial charge on any atom is 0.329 e. The van der Waals surface area contributed by atoms with Crippen molar-refractivity contribution < 1.29 is 4.79 Å². The van der Waals surface area contributed by atoms with Gasteiger partial charge in [-0.1, -0.05) is 45.0 Å². The van der Waals surface area contributed by atoms with Crippen LogP contribution in [0.15, 0.2) is 24.3 Å². The van der Waals surface area contributed by atoms with Crippen molar-refractivity contribution in [3.8, 4) is 0 Å². The minimum Gasteiger partial charge on any atom is -0.331 e. The summed E-state index contributed by atoms with van der Waals surface area (Å²) in [5.41, 5.74) is 4.53. The van der Waals surface area contributed by atoms with Crippen LogP contribution in [0.4, 0.5) is 4.79 Å². The van der Waals surface area contributed by atoms with Gasteiger partial charge in [0.2, 0.25) is 0 Å². The molecule has 0 heterocycles. The molecule has 2 amide bonds. The number of carbonyl (C=O) groups is 1. The number of nitrogens with two attached hydrogens (primary N) is 1. The van der Waals surface area contributed by atoms with E-state index in [2.05, 4.69) is 43.6 Å². The average molecular weight is 235 g/mol. The highest BCUT2D eigenvalue weighted by atomic mass is 16.2. The van der Waals surface area contributed by atoms with Crippen molar-refractivity contribution in [1.82, 2.24) is 10.7 Å². The highest BCUT2D eigenvalue weighted by Crippen LogP contribution is 2.23. The predicted octanol–water partition coefficient (Wildman–Crippen LogP) is 2.22. The van der Waals surface area contributed by atoms with E-state index < -0.39 is 0 Å². The fraction of sp³-hybridized carbons (Fsp3) is 0.462. The van der Waals surface area contributed by atoms with Gasteiger partial charge in [-0.25, -0.2) is 10.6 Å². The Balaban J connectivity index is 2.77. The Bertz CT molecular complexity index is 379. The maximum atomic E-state index is 11.1. The molecule has 94 valence electrons. The third kappa shape index (κ3) is 3.75. The summed E-state index contributed by atoms with van der Waals surface area (Å²) in [6, 6.07) is 7.80. The largest absolute Gasteiger partial charge is 0.331 e. The molecule has 0 aliphatic rings. The molecule has 0 aromatic heterocycles. The van der Waals surface area contributed by atoms with Crippen LogP contribution in [0.1, 0.15) is 44.9 Å². The van der Waals surface area contributed by atoms with Crippen LogP contribution in [-0.4, -0.2) is 6.03 Å². The van der Waals surface area contributed by atoms with E-state index in [1.807, 2.05) is 19.1 Å². The van der Waals surface area contributed by atoms with Crippen molar-refractivity contribution in [2.45, 2.75) is 39.2 Å². The highest BCUT2D eigenvalue weighted by molar-refractivity contribution is 5.73. The summed E-state index contributed by atoms with van der Waals surface area (Å²) in [4.78, 5) is 11.1. The van der Waals surface area contributed by atoms with Gasteiger partial charge in [0.25, 0.3) is 0 Å². The summed E-state index contributed by atoms with van der Waals surface area (Å²) >= 11 is 0. The number of hydrogen-bond donors (Lipinski definition) is 3. The molecule has 0 radical (unpaired) electrons. The number of rotatable bonds is 2. The first-order valence-electron chi connectivity index (χ1n) is 5.72. The van der Waals surface area contributed by atoms with Crippen molar-refractivity contribution in [1.29, 1.82) is 0 Å². The number of nitrogens with one attached hydrogen (secondary N) is 2. The predicted molar refractivity (Wildman–Crippen MR) is 69.4 cm³/mol. The first kappa shape index (κ1) is 13.5. The summed E-state index contributed by atoms with van der Waals surface area (Å²) in [6.45, 7) is 8.43. The Kier molecular flexibility index (Phi) is 4.12. The summed E-state index contributed by atoms with van der Waals surface area (Å²) in [5.74, 6) is 5.02. The lowest BCUT2D eigenvalue weighted by Gasteiger charge is -2.20. The zero-order valence-electron chi connectivity index (χ0n) is 10.9. The molecule has 0 aliphatic carbocycles. The Morgan fingerprint density at radius 2 is 1.76 bits per heavy atom. The van der Waals surface area contributed by atoms with E-state index in [0.29, 0.717) is 0 Å². The van der Waals surface area contributed by atoms with Crippen LogP contribution in [0.3, 0.4) is 0 Å².